The third-order valence-corrected chi connectivity index (χ3v) is 4.08. The molecule has 10 heteroatoms. The molecule has 0 saturated carbocycles. The summed E-state index contributed by atoms with van der Waals surface area (Å²) >= 11 is 1.79. The molecule has 1 amide bonds. The zero-order valence-corrected chi connectivity index (χ0v) is 13.3. The zero-order chi connectivity index (χ0) is 16.4. The number of alkyl halides is 1. The molecule has 6 N–H and O–H groups in total. The Bertz CT molecular complexity index is 408. The molecule has 0 spiro atoms. The van der Waals surface area contributed by atoms with Crippen LogP contribution in [-0.2, 0) is 14.3 Å². The smallest absolute Gasteiger partial charge is 0.364 e. The first kappa shape index (κ1) is 18.5. The molecule has 9 nitrogen and oxygen atoms in total. The number of amides is 1. The number of hydrogen-bond acceptors (Lipinski definition) is 7. The van der Waals surface area contributed by atoms with Crippen LogP contribution in [0.2, 0.25) is 0 Å². The second-order valence-electron chi connectivity index (χ2n) is 4.88. The predicted octanol–water partition coefficient (Wildman–Crippen LogP) is -2.43. The number of carbonyl (C=O) groups excluding carboxylic acids is 1. The van der Waals surface area contributed by atoms with E-state index < -0.39 is 54.5 Å². The lowest BCUT2D eigenvalue weighted by Crippen LogP contribution is -2.67. The molecule has 1 unspecified atom stereocenters. The fourth-order valence-electron chi connectivity index (χ4n) is 2.12. The molecule has 1 rings (SSSR count). The summed E-state index contributed by atoms with van der Waals surface area (Å²) in [6.07, 6.45) is -6.51. The van der Waals surface area contributed by atoms with E-state index in [0.717, 1.165) is 0 Å². The summed E-state index contributed by atoms with van der Waals surface area (Å²) in [5, 5.41) is 50.8. The van der Waals surface area contributed by atoms with Gasteiger partial charge in [-0.25, -0.2) is 4.79 Å². The number of ether oxygens (including phenoxy) is 1. The number of halogens is 1. The maximum atomic E-state index is 11.2. The fourth-order valence-corrected chi connectivity index (χ4v) is 2.64. The number of carboxylic acids is 1. The van der Waals surface area contributed by atoms with Crippen molar-refractivity contribution in [2.45, 2.75) is 49.6 Å². The van der Waals surface area contributed by atoms with E-state index in [4.69, 9.17) is 9.84 Å². The van der Waals surface area contributed by atoms with Crippen molar-refractivity contribution < 1.29 is 39.9 Å². The third kappa shape index (κ3) is 4.23. The van der Waals surface area contributed by atoms with Crippen LogP contribution in [0.1, 0.15) is 13.3 Å². The van der Waals surface area contributed by atoms with Crippen molar-refractivity contribution >= 4 is 34.5 Å². The Morgan fingerprint density at radius 1 is 1.48 bits per heavy atom. The normalized spacial score (nSPS) is 35.8. The Balaban J connectivity index is 3.07. The molecule has 1 heterocycles. The molecule has 0 aromatic heterocycles. The van der Waals surface area contributed by atoms with Gasteiger partial charge >= 0.3 is 5.97 Å². The minimum Gasteiger partial charge on any atom is -0.477 e. The third-order valence-electron chi connectivity index (χ3n) is 3.18. The Hall–Kier alpha value is -0.530. The summed E-state index contributed by atoms with van der Waals surface area (Å²) in [4.78, 5) is 22.2. The summed E-state index contributed by atoms with van der Waals surface area (Å²) in [6.45, 7) is 1.17. The van der Waals surface area contributed by atoms with Gasteiger partial charge in [0.1, 0.15) is 12.2 Å². The highest BCUT2D eigenvalue weighted by molar-refractivity contribution is 14.1. The maximum Gasteiger partial charge on any atom is 0.364 e. The topological polar surface area (TPSA) is 157 Å². The van der Waals surface area contributed by atoms with Crippen molar-refractivity contribution in [3.8, 4) is 0 Å². The van der Waals surface area contributed by atoms with Gasteiger partial charge in [-0.3, -0.25) is 4.79 Å². The summed E-state index contributed by atoms with van der Waals surface area (Å²) < 4.78 is 5.08. The fraction of sp³-hybridized carbons (Fsp3) is 0.818. The Morgan fingerprint density at radius 2 is 2.05 bits per heavy atom. The molecule has 122 valence electrons. The number of hydrogen-bond donors (Lipinski definition) is 6. The van der Waals surface area contributed by atoms with Crippen molar-refractivity contribution in [3.63, 3.8) is 0 Å². The van der Waals surface area contributed by atoms with E-state index in [1.807, 2.05) is 0 Å². The number of carboxylic acid groups (broad SMARTS) is 1. The van der Waals surface area contributed by atoms with Crippen molar-refractivity contribution in [2.24, 2.45) is 0 Å². The second-order valence-corrected chi connectivity index (χ2v) is 5.76. The molecule has 1 fully saturated rings. The van der Waals surface area contributed by atoms with Crippen LogP contribution in [0.5, 0.6) is 0 Å². The van der Waals surface area contributed by atoms with Gasteiger partial charge in [0.05, 0.1) is 18.2 Å². The van der Waals surface area contributed by atoms with Crippen molar-refractivity contribution in [1.29, 1.82) is 0 Å². The van der Waals surface area contributed by atoms with Crippen LogP contribution in [0, 0.1) is 0 Å². The average Bonchev–Trinajstić information content (AvgIpc) is 2.39. The molecular formula is C11H18INO8. The highest BCUT2D eigenvalue weighted by atomic mass is 127. The lowest BCUT2D eigenvalue weighted by molar-refractivity contribution is -0.293. The van der Waals surface area contributed by atoms with Gasteiger partial charge in [0.2, 0.25) is 5.91 Å². The molecule has 0 radical (unpaired) electrons. The maximum absolute atomic E-state index is 11.2. The largest absolute Gasteiger partial charge is 0.477 e. The van der Waals surface area contributed by atoms with Crippen LogP contribution >= 0.6 is 22.6 Å². The number of aliphatic carboxylic acids is 1. The monoisotopic (exact) mass is 419 g/mol. The minimum atomic E-state index is -2.70. The molecule has 0 aliphatic carbocycles. The van der Waals surface area contributed by atoms with Crippen LogP contribution in [0.15, 0.2) is 0 Å². The van der Waals surface area contributed by atoms with Crippen LogP contribution in [0.4, 0.5) is 0 Å². The summed E-state index contributed by atoms with van der Waals surface area (Å²) in [6, 6.07) is -1.16. The number of rotatable bonds is 5. The molecule has 0 aromatic carbocycles. The van der Waals surface area contributed by atoms with E-state index in [1.54, 1.807) is 22.6 Å². The van der Waals surface area contributed by atoms with E-state index in [-0.39, 0.29) is 4.43 Å². The number of aliphatic hydroxyl groups excluding tert-OH is 3. The number of nitrogens with one attached hydrogen (secondary N) is 1. The summed E-state index contributed by atoms with van der Waals surface area (Å²) in [7, 11) is 0. The Labute approximate surface area is 134 Å². The Morgan fingerprint density at radius 3 is 2.48 bits per heavy atom. The average molecular weight is 419 g/mol. The molecule has 0 aromatic rings. The molecule has 0 bridgehead atoms. The minimum absolute atomic E-state index is 0.104. The van der Waals surface area contributed by atoms with Crippen LogP contribution in [0.3, 0.4) is 0 Å². The highest BCUT2D eigenvalue weighted by Gasteiger charge is 2.53. The lowest BCUT2D eigenvalue weighted by atomic mass is 9.89. The number of carbonyl (C=O) groups is 2. The first-order valence-corrected chi connectivity index (χ1v) is 7.65. The van der Waals surface area contributed by atoms with Gasteiger partial charge in [-0.15, -0.1) is 0 Å². The quantitative estimate of drug-likeness (QED) is 0.212. The predicted molar refractivity (Wildman–Crippen MR) is 76.6 cm³/mol. The SMILES string of the molecule is CC(=O)N[C@H]1[C@H]([C@H](O)[C@H](O)CI)OC(O)(C(=O)O)C[C@@H]1O. The van der Waals surface area contributed by atoms with E-state index in [9.17, 15) is 30.0 Å². The van der Waals surface area contributed by atoms with Crippen LogP contribution in [0.25, 0.3) is 0 Å². The lowest BCUT2D eigenvalue weighted by Gasteiger charge is -2.44. The van der Waals surface area contributed by atoms with E-state index in [1.165, 1.54) is 6.92 Å². The van der Waals surface area contributed by atoms with E-state index in [2.05, 4.69) is 5.32 Å². The molecule has 21 heavy (non-hydrogen) atoms. The molecule has 1 aliphatic heterocycles. The van der Waals surface area contributed by atoms with Crippen LogP contribution in [-0.4, -0.2) is 78.1 Å². The van der Waals surface area contributed by atoms with E-state index in [0.29, 0.717) is 0 Å². The first-order chi connectivity index (χ1) is 9.62. The molecule has 1 saturated heterocycles. The Kier molecular flexibility index (Phi) is 6.31. The molecule has 6 atom stereocenters. The molecular weight excluding hydrogens is 401 g/mol. The summed E-state index contributed by atoms with van der Waals surface area (Å²) in [5.41, 5.74) is 0. The highest BCUT2D eigenvalue weighted by Crippen LogP contribution is 2.30. The zero-order valence-electron chi connectivity index (χ0n) is 11.1. The number of aliphatic hydroxyl groups is 4. The van der Waals surface area contributed by atoms with E-state index >= 15 is 0 Å². The van der Waals surface area contributed by atoms with Gasteiger partial charge < -0.3 is 35.6 Å². The summed E-state index contributed by atoms with van der Waals surface area (Å²) in [5.74, 6) is -4.97. The van der Waals surface area contributed by atoms with Crippen molar-refractivity contribution in [2.75, 3.05) is 4.43 Å². The van der Waals surface area contributed by atoms with Gasteiger partial charge in [-0.1, -0.05) is 22.6 Å². The molecule has 1 aliphatic rings. The van der Waals surface area contributed by atoms with Gasteiger partial charge in [0, 0.05) is 17.8 Å². The van der Waals surface area contributed by atoms with Crippen molar-refractivity contribution in [1.82, 2.24) is 5.32 Å². The van der Waals surface area contributed by atoms with Gasteiger partial charge in [0.25, 0.3) is 5.79 Å². The van der Waals surface area contributed by atoms with Gasteiger partial charge in [-0.05, 0) is 0 Å². The second kappa shape index (κ2) is 7.15. The van der Waals surface area contributed by atoms with Gasteiger partial charge in [-0.2, -0.15) is 0 Å². The van der Waals surface area contributed by atoms with Crippen LogP contribution < -0.4 is 5.32 Å². The van der Waals surface area contributed by atoms with Crippen molar-refractivity contribution in [3.05, 3.63) is 0 Å². The first-order valence-electron chi connectivity index (χ1n) is 6.13. The standard InChI is InChI=1S/C11H18INO8/c1-4(14)13-7-5(15)2-11(20,10(18)19)21-9(7)8(17)6(16)3-12/h5-9,15-17,20H,2-3H2,1H3,(H,13,14)(H,18,19)/t5-,6+,7+,8+,9+,11?/m0/s1. The van der Waals surface area contributed by atoms with Gasteiger partial charge in [0.15, 0.2) is 0 Å².